The number of halogens is 5. The van der Waals surface area contributed by atoms with Crippen LogP contribution in [-0.2, 0) is 28.0 Å². The summed E-state index contributed by atoms with van der Waals surface area (Å²) in [7, 11) is -2.87. The van der Waals surface area contributed by atoms with E-state index in [-0.39, 0.29) is 34.3 Å². The van der Waals surface area contributed by atoms with Gasteiger partial charge < -0.3 is 4.90 Å². The quantitative estimate of drug-likeness (QED) is 0.661. The van der Waals surface area contributed by atoms with E-state index in [4.69, 9.17) is 0 Å². The van der Waals surface area contributed by atoms with Gasteiger partial charge in [0.2, 0.25) is 0 Å². The fourth-order valence-corrected chi connectivity index (χ4v) is 9.56. The highest BCUT2D eigenvalue weighted by Crippen LogP contribution is 2.91. The maximum absolute atomic E-state index is 13.3. The van der Waals surface area contributed by atoms with Crippen LogP contribution in [0.25, 0.3) is 0 Å². The molecule has 0 amide bonds. The van der Waals surface area contributed by atoms with Crippen LogP contribution >= 0.6 is 0 Å². The summed E-state index contributed by atoms with van der Waals surface area (Å²) in [5.41, 5.74) is -1.19. The molecule has 1 unspecified atom stereocenters. The van der Waals surface area contributed by atoms with Crippen molar-refractivity contribution in [3.63, 3.8) is 0 Å². The predicted molar refractivity (Wildman–Crippen MR) is 95.7 cm³/mol. The molecular formula is C19H22F5N3O2S. The maximum atomic E-state index is 13.3. The van der Waals surface area contributed by atoms with Gasteiger partial charge in [-0.15, -0.1) is 0 Å². The lowest BCUT2D eigenvalue weighted by Gasteiger charge is -2.48. The smallest absolute Gasteiger partial charge is 0.300 e. The van der Waals surface area contributed by atoms with Crippen molar-refractivity contribution in [3.8, 4) is 0 Å². The fraction of sp³-hybridized carbons (Fsp3) is 0.842. The number of nitrogens with zero attached hydrogens (tertiary/aromatic N) is 3. The van der Waals surface area contributed by atoms with E-state index in [9.17, 15) is 30.4 Å². The van der Waals surface area contributed by atoms with Gasteiger partial charge in [0.25, 0.3) is 6.43 Å². The van der Waals surface area contributed by atoms with E-state index >= 15 is 0 Å². The zero-order valence-electron chi connectivity index (χ0n) is 16.1. The minimum absolute atomic E-state index is 0.0723. The molecule has 30 heavy (non-hydrogen) atoms. The van der Waals surface area contributed by atoms with Crippen LogP contribution in [-0.4, -0.2) is 60.2 Å². The summed E-state index contributed by atoms with van der Waals surface area (Å²) in [6, 6.07) is 1.27. The predicted octanol–water partition coefficient (Wildman–Crippen LogP) is 2.56. The van der Waals surface area contributed by atoms with Gasteiger partial charge in [0.1, 0.15) is 12.2 Å². The van der Waals surface area contributed by atoms with E-state index in [0.29, 0.717) is 22.2 Å². The summed E-state index contributed by atoms with van der Waals surface area (Å²) in [6.45, 7) is 0.588. The van der Waals surface area contributed by atoms with Gasteiger partial charge in [0, 0.05) is 16.9 Å². The third kappa shape index (κ3) is 2.47. The second-order valence-corrected chi connectivity index (χ2v) is 12.0. The minimum atomic E-state index is -4.71. The molecule has 0 aromatic carbocycles. The van der Waals surface area contributed by atoms with E-state index in [1.165, 1.54) is 0 Å². The minimum Gasteiger partial charge on any atom is -0.300 e. The number of alkyl halides is 5. The van der Waals surface area contributed by atoms with Gasteiger partial charge >= 0.3 is 6.18 Å². The number of likely N-dealkylation sites (tertiary alicyclic amines) is 1. The summed E-state index contributed by atoms with van der Waals surface area (Å²) in [4.78, 5) is 2.38. The van der Waals surface area contributed by atoms with Crippen LogP contribution in [0.3, 0.4) is 0 Å². The number of sulfone groups is 1. The van der Waals surface area contributed by atoms with Crippen LogP contribution in [0.2, 0.25) is 0 Å². The Kier molecular flexibility index (Phi) is 3.61. The zero-order valence-corrected chi connectivity index (χ0v) is 16.9. The lowest BCUT2D eigenvalue weighted by molar-refractivity contribution is -0.144. The molecule has 11 heteroatoms. The molecule has 1 aromatic rings. The SMILES string of the molecule is O=S1(=O)CC2(CCN([C@H]3C[C@@H]4[C@@H]5C3[C@@]45c3cc(C(F)(F)F)n(CC(F)F)n3)CC2)C1. The average molecular weight is 451 g/mol. The van der Waals surface area contributed by atoms with Crippen molar-refractivity contribution >= 4 is 9.84 Å². The molecule has 4 aliphatic carbocycles. The van der Waals surface area contributed by atoms with Gasteiger partial charge in [-0.25, -0.2) is 17.2 Å². The summed E-state index contributed by atoms with van der Waals surface area (Å²) in [5, 5.41) is 4.01. The van der Waals surface area contributed by atoms with Gasteiger partial charge in [-0.2, -0.15) is 18.3 Å². The fourth-order valence-electron chi connectivity index (χ4n) is 7.20. The summed E-state index contributed by atoms with van der Waals surface area (Å²) >= 11 is 0. The Bertz CT molecular complexity index is 994. The molecule has 166 valence electrons. The van der Waals surface area contributed by atoms with Gasteiger partial charge in [-0.05, 0) is 56.2 Å². The van der Waals surface area contributed by atoms with Crippen molar-refractivity contribution in [2.45, 2.75) is 49.9 Å². The topological polar surface area (TPSA) is 55.2 Å². The Labute approximate surface area is 170 Å². The van der Waals surface area contributed by atoms with Crippen LogP contribution in [0, 0.1) is 23.2 Å². The Morgan fingerprint density at radius 3 is 2.37 bits per heavy atom. The van der Waals surface area contributed by atoms with Crippen molar-refractivity contribution in [2.24, 2.45) is 23.2 Å². The Morgan fingerprint density at radius 2 is 1.83 bits per heavy atom. The molecule has 3 heterocycles. The first-order valence-electron chi connectivity index (χ1n) is 10.4. The molecule has 0 radical (unpaired) electrons. The first-order valence-corrected chi connectivity index (χ1v) is 12.2. The van der Waals surface area contributed by atoms with Gasteiger partial charge in [-0.3, -0.25) is 4.68 Å². The number of fused-ring (bicyclic) bond motifs is 1. The standard InChI is InChI=1S/C19H22F5N3O2S/c20-14(21)7-27-13(19(22,23)24)6-12(25-27)18-10-5-11(16(18)15(10)18)26-3-1-17(2-4-26)8-30(28,29)9-17/h6,10-11,14-16H,1-5,7-9H2/t10-,11+,15-,16?,18-/m1/s1. The number of aromatic nitrogens is 2. The molecule has 2 saturated heterocycles. The average Bonchev–Trinajstić information content (AvgIpc) is 3.18. The Morgan fingerprint density at radius 1 is 1.17 bits per heavy atom. The monoisotopic (exact) mass is 451 g/mol. The Balaban J connectivity index is 1.18. The highest BCUT2D eigenvalue weighted by atomic mass is 32.2. The molecular weight excluding hydrogens is 429 g/mol. The van der Waals surface area contributed by atoms with Crippen molar-refractivity contribution in [3.05, 3.63) is 17.5 Å². The lowest BCUT2D eigenvalue weighted by Crippen LogP contribution is -2.56. The number of hydrogen-bond donors (Lipinski definition) is 0. The lowest BCUT2D eigenvalue weighted by atomic mass is 9.80. The molecule has 1 spiro atoms. The molecule has 4 saturated carbocycles. The number of piperidine rings is 1. The third-order valence-corrected chi connectivity index (χ3v) is 10.5. The van der Waals surface area contributed by atoms with E-state index in [1.54, 1.807) is 0 Å². The van der Waals surface area contributed by atoms with Crippen molar-refractivity contribution < 1.29 is 30.4 Å². The summed E-state index contributed by atoms with van der Waals surface area (Å²) in [5.74, 6) is 1.41. The molecule has 5 atom stereocenters. The van der Waals surface area contributed by atoms with Crippen molar-refractivity contribution in [2.75, 3.05) is 24.6 Å². The molecule has 6 aliphatic rings. The molecule has 7 rings (SSSR count). The molecule has 5 nitrogen and oxygen atoms in total. The normalized spacial score (nSPS) is 40.5. The Hall–Kier alpha value is -1.23. The van der Waals surface area contributed by atoms with E-state index in [2.05, 4.69) is 10.00 Å². The second-order valence-electron chi connectivity index (χ2n) is 9.95. The van der Waals surface area contributed by atoms with Crippen LogP contribution in [0.15, 0.2) is 6.07 Å². The van der Waals surface area contributed by atoms with Crippen LogP contribution in [0.5, 0.6) is 0 Å². The van der Waals surface area contributed by atoms with Crippen molar-refractivity contribution in [1.82, 2.24) is 14.7 Å². The van der Waals surface area contributed by atoms with Crippen molar-refractivity contribution in [1.29, 1.82) is 0 Å². The third-order valence-electron chi connectivity index (χ3n) is 8.43. The molecule has 0 N–H and O–H groups in total. The molecule has 1 aromatic heterocycles. The molecule has 2 aliphatic heterocycles. The van der Waals surface area contributed by atoms with Gasteiger partial charge in [0.05, 0.1) is 17.2 Å². The van der Waals surface area contributed by atoms with Crippen LogP contribution in [0.1, 0.15) is 30.7 Å². The maximum Gasteiger partial charge on any atom is 0.433 e. The first-order chi connectivity index (χ1) is 14.0. The first kappa shape index (κ1) is 19.5. The zero-order chi connectivity index (χ0) is 21.3. The van der Waals surface area contributed by atoms with Crippen LogP contribution in [0.4, 0.5) is 22.0 Å². The highest BCUT2D eigenvalue weighted by Gasteiger charge is 2.93. The largest absolute Gasteiger partial charge is 0.433 e. The second kappa shape index (κ2) is 5.57. The summed E-state index contributed by atoms with van der Waals surface area (Å²) < 4.78 is 89.1. The molecule has 2 bridgehead atoms. The van der Waals surface area contributed by atoms with Gasteiger partial charge in [-0.1, -0.05) is 0 Å². The van der Waals surface area contributed by atoms with E-state index < -0.39 is 34.7 Å². The molecule has 6 fully saturated rings. The van der Waals surface area contributed by atoms with E-state index in [0.717, 1.165) is 38.4 Å². The van der Waals surface area contributed by atoms with Crippen LogP contribution < -0.4 is 0 Å². The summed E-state index contributed by atoms with van der Waals surface area (Å²) in [6.07, 6.45) is -5.01. The number of rotatable bonds is 4. The van der Waals surface area contributed by atoms with Gasteiger partial charge in [0.15, 0.2) is 9.84 Å². The highest BCUT2D eigenvalue weighted by molar-refractivity contribution is 7.92. The van der Waals surface area contributed by atoms with E-state index in [1.807, 2.05) is 0 Å². The number of hydrogen-bond acceptors (Lipinski definition) is 4.